The molecule has 0 aromatic heterocycles. The lowest BCUT2D eigenvalue weighted by Crippen LogP contribution is -2.27. The molecule has 0 saturated heterocycles. The van der Waals surface area contributed by atoms with Gasteiger partial charge in [-0.05, 0) is 45.3 Å². The van der Waals surface area contributed by atoms with E-state index in [1.54, 1.807) is 0 Å². The third-order valence-electron chi connectivity index (χ3n) is 5.27. The number of hydrogen-bond donors (Lipinski definition) is 1. The first-order valence-corrected chi connectivity index (χ1v) is 11.6. The zero-order chi connectivity index (χ0) is 19.3. The summed E-state index contributed by atoms with van der Waals surface area (Å²) in [5, 5.41) is 8.70. The summed E-state index contributed by atoms with van der Waals surface area (Å²) >= 11 is 0. The molecule has 0 atom stereocenters. The van der Waals surface area contributed by atoms with Gasteiger partial charge in [0, 0.05) is 6.42 Å². The summed E-state index contributed by atoms with van der Waals surface area (Å²) in [6.45, 7) is 8.28. The number of aliphatic carboxylic acids is 1. The molecule has 0 heterocycles. The van der Waals surface area contributed by atoms with E-state index in [4.69, 9.17) is 5.11 Å². The second kappa shape index (κ2) is 20.7. The Morgan fingerprint density at radius 1 is 0.577 bits per heavy atom. The van der Waals surface area contributed by atoms with Crippen LogP contribution in [0.2, 0.25) is 0 Å². The highest BCUT2D eigenvalue weighted by molar-refractivity contribution is 5.66. The molecule has 3 nitrogen and oxygen atoms in total. The number of carboxylic acids is 1. The predicted octanol–water partition coefficient (Wildman–Crippen LogP) is 7.04. The minimum absolute atomic E-state index is 0.333. The van der Waals surface area contributed by atoms with Crippen LogP contribution in [0.3, 0.4) is 0 Å². The zero-order valence-electron chi connectivity index (χ0n) is 17.9. The van der Waals surface area contributed by atoms with Crippen molar-refractivity contribution in [2.45, 2.75) is 123 Å². The van der Waals surface area contributed by atoms with Crippen molar-refractivity contribution in [1.29, 1.82) is 0 Å². The third kappa shape index (κ3) is 19.8. The van der Waals surface area contributed by atoms with E-state index < -0.39 is 5.97 Å². The lowest BCUT2D eigenvalue weighted by molar-refractivity contribution is -0.137. The minimum atomic E-state index is -0.655. The summed E-state index contributed by atoms with van der Waals surface area (Å²) in [6, 6.07) is 0. The van der Waals surface area contributed by atoms with Gasteiger partial charge in [-0.1, -0.05) is 90.9 Å². The Balaban J connectivity index is 3.82. The van der Waals surface area contributed by atoms with Gasteiger partial charge in [-0.3, -0.25) is 4.79 Å². The van der Waals surface area contributed by atoms with Gasteiger partial charge in [-0.15, -0.1) is 0 Å². The van der Waals surface area contributed by atoms with Gasteiger partial charge in [-0.2, -0.15) is 0 Å². The first-order valence-electron chi connectivity index (χ1n) is 11.6. The molecule has 0 unspecified atom stereocenters. The van der Waals surface area contributed by atoms with E-state index in [2.05, 4.69) is 18.7 Å². The van der Waals surface area contributed by atoms with Gasteiger partial charge in [0.25, 0.3) is 0 Å². The van der Waals surface area contributed by atoms with Gasteiger partial charge in [-0.25, -0.2) is 0 Å². The molecule has 3 heteroatoms. The van der Waals surface area contributed by atoms with Gasteiger partial charge in [0.2, 0.25) is 0 Å². The molecule has 0 aliphatic rings. The summed E-state index contributed by atoms with van der Waals surface area (Å²) in [7, 11) is 0. The standard InChI is InChI=1S/C23H47NO2/c1-3-5-7-9-12-16-20-24(21-17-13-10-8-6-4-2)22-18-14-11-15-19-23(25)26/h3-22H2,1-2H3,(H,25,26). The number of nitrogens with zero attached hydrogens (tertiary/aromatic N) is 1. The molecule has 0 spiro atoms. The maximum atomic E-state index is 10.6. The van der Waals surface area contributed by atoms with Crippen molar-refractivity contribution >= 4 is 5.97 Å². The van der Waals surface area contributed by atoms with Crippen molar-refractivity contribution in [1.82, 2.24) is 4.90 Å². The molecule has 0 rings (SSSR count). The normalized spacial score (nSPS) is 11.3. The first-order chi connectivity index (χ1) is 12.7. The van der Waals surface area contributed by atoms with Gasteiger partial charge in [0.1, 0.15) is 0 Å². The maximum absolute atomic E-state index is 10.6. The van der Waals surface area contributed by atoms with Crippen LogP contribution in [-0.4, -0.2) is 35.6 Å². The smallest absolute Gasteiger partial charge is 0.303 e. The van der Waals surface area contributed by atoms with E-state index in [9.17, 15) is 4.79 Å². The van der Waals surface area contributed by atoms with Crippen LogP contribution in [0.1, 0.15) is 123 Å². The Bertz CT molecular complexity index is 278. The number of carboxylic acid groups (broad SMARTS) is 1. The highest BCUT2D eigenvalue weighted by atomic mass is 16.4. The van der Waals surface area contributed by atoms with E-state index in [-0.39, 0.29) is 0 Å². The zero-order valence-corrected chi connectivity index (χ0v) is 17.9. The topological polar surface area (TPSA) is 40.5 Å². The highest BCUT2D eigenvalue weighted by Gasteiger charge is 2.05. The second-order valence-corrected chi connectivity index (χ2v) is 7.94. The number of unbranched alkanes of at least 4 members (excludes halogenated alkanes) is 13. The highest BCUT2D eigenvalue weighted by Crippen LogP contribution is 2.11. The largest absolute Gasteiger partial charge is 0.481 e. The molecule has 0 aromatic carbocycles. The number of hydrogen-bond acceptors (Lipinski definition) is 2. The van der Waals surface area contributed by atoms with Gasteiger partial charge in [0.15, 0.2) is 0 Å². The maximum Gasteiger partial charge on any atom is 0.303 e. The summed E-state index contributed by atoms with van der Waals surface area (Å²) in [4.78, 5) is 13.2. The van der Waals surface area contributed by atoms with Gasteiger partial charge in [0.05, 0.1) is 0 Å². The summed E-state index contributed by atoms with van der Waals surface area (Å²) in [5.41, 5.74) is 0. The molecule has 0 saturated carbocycles. The first kappa shape index (κ1) is 25.4. The molecule has 0 aliphatic carbocycles. The van der Waals surface area contributed by atoms with Crippen LogP contribution >= 0.6 is 0 Å². The average Bonchev–Trinajstić information content (AvgIpc) is 2.62. The Morgan fingerprint density at radius 2 is 0.923 bits per heavy atom. The quantitative estimate of drug-likeness (QED) is 0.220. The Kier molecular flexibility index (Phi) is 20.3. The molecular weight excluding hydrogens is 322 g/mol. The van der Waals surface area contributed by atoms with Crippen molar-refractivity contribution in [3.05, 3.63) is 0 Å². The summed E-state index contributed by atoms with van der Waals surface area (Å²) < 4.78 is 0. The van der Waals surface area contributed by atoms with Crippen molar-refractivity contribution in [3.8, 4) is 0 Å². The van der Waals surface area contributed by atoms with Crippen molar-refractivity contribution in [2.24, 2.45) is 0 Å². The van der Waals surface area contributed by atoms with Crippen LogP contribution in [0.15, 0.2) is 0 Å². The molecule has 0 fully saturated rings. The van der Waals surface area contributed by atoms with Crippen LogP contribution in [0.5, 0.6) is 0 Å². The predicted molar refractivity (Wildman–Crippen MR) is 114 cm³/mol. The Morgan fingerprint density at radius 3 is 1.31 bits per heavy atom. The van der Waals surface area contributed by atoms with Gasteiger partial charge < -0.3 is 10.0 Å². The van der Waals surface area contributed by atoms with Gasteiger partial charge >= 0.3 is 5.97 Å². The van der Waals surface area contributed by atoms with Crippen molar-refractivity contribution < 1.29 is 9.90 Å². The summed E-state index contributed by atoms with van der Waals surface area (Å²) in [5.74, 6) is -0.655. The molecule has 0 bridgehead atoms. The fraction of sp³-hybridized carbons (Fsp3) is 0.957. The van der Waals surface area contributed by atoms with Crippen molar-refractivity contribution in [2.75, 3.05) is 19.6 Å². The molecule has 0 amide bonds. The molecule has 0 aliphatic heterocycles. The molecule has 0 radical (unpaired) electrons. The Labute approximate surface area is 163 Å². The monoisotopic (exact) mass is 369 g/mol. The molecule has 0 aromatic rings. The van der Waals surface area contributed by atoms with Crippen LogP contribution in [0, 0.1) is 0 Å². The molecular formula is C23H47NO2. The number of carbonyl (C=O) groups is 1. The third-order valence-corrected chi connectivity index (χ3v) is 5.27. The van der Waals surface area contributed by atoms with E-state index >= 15 is 0 Å². The van der Waals surface area contributed by atoms with Crippen LogP contribution in [0.4, 0.5) is 0 Å². The average molecular weight is 370 g/mol. The SMILES string of the molecule is CCCCCCCCN(CCCCCCCC)CCCCCCC(=O)O. The molecule has 1 N–H and O–H groups in total. The minimum Gasteiger partial charge on any atom is -0.481 e. The van der Waals surface area contributed by atoms with Crippen molar-refractivity contribution in [3.63, 3.8) is 0 Å². The van der Waals surface area contributed by atoms with E-state index in [0.29, 0.717) is 6.42 Å². The number of rotatable bonds is 21. The molecule has 26 heavy (non-hydrogen) atoms. The second-order valence-electron chi connectivity index (χ2n) is 7.94. The lowest BCUT2D eigenvalue weighted by atomic mass is 10.1. The van der Waals surface area contributed by atoms with E-state index in [1.165, 1.54) is 110 Å². The van der Waals surface area contributed by atoms with E-state index in [1.807, 2.05) is 0 Å². The summed E-state index contributed by atoms with van der Waals surface area (Å²) in [6.07, 6.45) is 21.1. The lowest BCUT2D eigenvalue weighted by Gasteiger charge is -2.22. The fourth-order valence-corrected chi connectivity index (χ4v) is 3.53. The molecule has 156 valence electrons. The van der Waals surface area contributed by atoms with Crippen LogP contribution in [-0.2, 0) is 4.79 Å². The Hall–Kier alpha value is -0.570. The fourth-order valence-electron chi connectivity index (χ4n) is 3.53. The van der Waals surface area contributed by atoms with Crippen LogP contribution in [0.25, 0.3) is 0 Å². The van der Waals surface area contributed by atoms with E-state index in [0.717, 1.165) is 12.8 Å². The van der Waals surface area contributed by atoms with Crippen LogP contribution < -0.4 is 0 Å².